The first-order chi connectivity index (χ1) is 7.76. The van der Waals surface area contributed by atoms with Crippen LogP contribution in [0.1, 0.15) is 31.5 Å². The second-order valence-electron chi connectivity index (χ2n) is 4.44. The number of anilines is 1. The van der Waals surface area contributed by atoms with Crippen LogP contribution in [0.2, 0.25) is 0 Å². The van der Waals surface area contributed by atoms with E-state index in [0.717, 1.165) is 18.7 Å². The van der Waals surface area contributed by atoms with Gasteiger partial charge >= 0.3 is 0 Å². The molecule has 2 rings (SSSR count). The molecule has 3 heteroatoms. The summed E-state index contributed by atoms with van der Waals surface area (Å²) in [5, 5.41) is 0. The highest BCUT2D eigenvalue weighted by molar-refractivity contribution is 7.97. The van der Waals surface area contributed by atoms with E-state index in [-0.39, 0.29) is 0 Å². The van der Waals surface area contributed by atoms with Crippen molar-refractivity contribution in [1.82, 2.24) is 4.98 Å². The third-order valence-corrected chi connectivity index (χ3v) is 3.96. The summed E-state index contributed by atoms with van der Waals surface area (Å²) in [5.74, 6) is 1.06. The van der Waals surface area contributed by atoms with Crippen molar-refractivity contribution in [3.05, 3.63) is 23.5 Å². The van der Waals surface area contributed by atoms with Crippen LogP contribution in [0.4, 0.5) is 5.69 Å². The quantitative estimate of drug-likeness (QED) is 0.799. The standard InChI is InChI=1S/C13H20N2S/c1-4-10(2)15-6-5-12-13(15)7-11(8-14-12)9-16-3/h7-8,10H,4-6,9H2,1-3H3. The van der Waals surface area contributed by atoms with E-state index in [1.807, 2.05) is 18.0 Å². The molecule has 0 fully saturated rings. The summed E-state index contributed by atoms with van der Waals surface area (Å²) in [6, 6.07) is 2.96. The molecule has 0 amide bonds. The number of thioether (sulfide) groups is 1. The molecule has 0 spiro atoms. The molecule has 0 N–H and O–H groups in total. The summed E-state index contributed by atoms with van der Waals surface area (Å²) < 4.78 is 0. The first kappa shape index (κ1) is 11.8. The number of fused-ring (bicyclic) bond motifs is 1. The van der Waals surface area contributed by atoms with E-state index in [0.29, 0.717) is 6.04 Å². The van der Waals surface area contributed by atoms with Crippen molar-refractivity contribution in [2.45, 2.75) is 38.5 Å². The summed E-state index contributed by atoms with van der Waals surface area (Å²) >= 11 is 1.86. The molecule has 2 nitrogen and oxygen atoms in total. The van der Waals surface area contributed by atoms with Gasteiger partial charge in [-0.1, -0.05) is 6.92 Å². The molecule has 1 atom stereocenters. The fourth-order valence-electron chi connectivity index (χ4n) is 2.24. The summed E-state index contributed by atoms with van der Waals surface area (Å²) in [6.45, 7) is 5.69. The molecule has 0 radical (unpaired) electrons. The SMILES string of the molecule is CCC(C)N1CCc2ncc(CSC)cc21. The molecular weight excluding hydrogens is 216 g/mol. The Labute approximate surface area is 102 Å². The average molecular weight is 236 g/mol. The van der Waals surface area contributed by atoms with Crippen LogP contribution in [0.3, 0.4) is 0 Å². The topological polar surface area (TPSA) is 16.1 Å². The molecule has 0 saturated carbocycles. The predicted molar refractivity (Wildman–Crippen MR) is 72.3 cm³/mol. The van der Waals surface area contributed by atoms with Crippen LogP contribution in [-0.4, -0.2) is 23.8 Å². The Morgan fingerprint density at radius 1 is 1.56 bits per heavy atom. The van der Waals surface area contributed by atoms with Crippen molar-refractivity contribution >= 4 is 17.4 Å². The van der Waals surface area contributed by atoms with E-state index in [1.165, 1.54) is 23.4 Å². The Morgan fingerprint density at radius 2 is 2.38 bits per heavy atom. The zero-order valence-electron chi connectivity index (χ0n) is 10.4. The highest BCUT2D eigenvalue weighted by Gasteiger charge is 2.23. The number of hydrogen-bond donors (Lipinski definition) is 0. The molecule has 88 valence electrons. The van der Waals surface area contributed by atoms with Gasteiger partial charge in [-0.2, -0.15) is 11.8 Å². The largest absolute Gasteiger partial charge is 0.367 e. The van der Waals surface area contributed by atoms with Gasteiger partial charge in [-0.05, 0) is 31.2 Å². The molecule has 1 aromatic rings. The molecule has 0 aromatic carbocycles. The summed E-state index contributed by atoms with van der Waals surface area (Å²) in [5.41, 5.74) is 4.01. The maximum absolute atomic E-state index is 4.59. The van der Waals surface area contributed by atoms with E-state index < -0.39 is 0 Å². The third kappa shape index (κ3) is 2.19. The minimum absolute atomic E-state index is 0.632. The maximum Gasteiger partial charge on any atom is 0.0654 e. The molecule has 2 heterocycles. The van der Waals surface area contributed by atoms with Gasteiger partial charge in [0.1, 0.15) is 0 Å². The second-order valence-corrected chi connectivity index (χ2v) is 5.31. The van der Waals surface area contributed by atoms with Gasteiger partial charge in [0.05, 0.1) is 11.4 Å². The van der Waals surface area contributed by atoms with Gasteiger partial charge in [0.25, 0.3) is 0 Å². The molecule has 1 unspecified atom stereocenters. The number of rotatable bonds is 4. The number of hydrogen-bond acceptors (Lipinski definition) is 3. The Morgan fingerprint density at radius 3 is 3.06 bits per heavy atom. The molecular formula is C13H20N2S. The Bertz CT molecular complexity index is 365. The van der Waals surface area contributed by atoms with Gasteiger partial charge in [0.2, 0.25) is 0 Å². The van der Waals surface area contributed by atoms with Crippen molar-refractivity contribution in [2.75, 3.05) is 17.7 Å². The lowest BCUT2D eigenvalue weighted by atomic mass is 10.2. The number of pyridine rings is 1. The highest BCUT2D eigenvalue weighted by Crippen LogP contribution is 2.30. The zero-order valence-corrected chi connectivity index (χ0v) is 11.2. The van der Waals surface area contributed by atoms with Crippen molar-refractivity contribution in [2.24, 2.45) is 0 Å². The molecule has 0 aliphatic carbocycles. The van der Waals surface area contributed by atoms with E-state index in [2.05, 4.69) is 36.1 Å². The highest BCUT2D eigenvalue weighted by atomic mass is 32.2. The van der Waals surface area contributed by atoms with Crippen LogP contribution in [0, 0.1) is 0 Å². The molecule has 0 saturated heterocycles. The van der Waals surface area contributed by atoms with E-state index in [1.54, 1.807) is 0 Å². The van der Waals surface area contributed by atoms with Crippen LogP contribution in [-0.2, 0) is 12.2 Å². The van der Waals surface area contributed by atoms with Crippen LogP contribution in [0.25, 0.3) is 0 Å². The van der Waals surface area contributed by atoms with Gasteiger partial charge in [0, 0.05) is 31.0 Å². The third-order valence-electron chi connectivity index (χ3n) is 3.34. The van der Waals surface area contributed by atoms with Crippen LogP contribution >= 0.6 is 11.8 Å². The smallest absolute Gasteiger partial charge is 0.0654 e. The predicted octanol–water partition coefficient (Wildman–Crippen LogP) is 3.11. The fourth-order valence-corrected chi connectivity index (χ4v) is 2.73. The van der Waals surface area contributed by atoms with Gasteiger partial charge < -0.3 is 4.90 Å². The minimum atomic E-state index is 0.632. The monoisotopic (exact) mass is 236 g/mol. The van der Waals surface area contributed by atoms with Crippen molar-refractivity contribution in [3.8, 4) is 0 Å². The first-order valence-electron chi connectivity index (χ1n) is 5.99. The lowest BCUT2D eigenvalue weighted by molar-refractivity contribution is 0.635. The lowest BCUT2D eigenvalue weighted by Crippen LogP contribution is -2.30. The Hall–Kier alpha value is -0.700. The average Bonchev–Trinajstić information content (AvgIpc) is 2.71. The van der Waals surface area contributed by atoms with Crippen LogP contribution in [0.5, 0.6) is 0 Å². The maximum atomic E-state index is 4.59. The van der Waals surface area contributed by atoms with E-state index in [9.17, 15) is 0 Å². The fraction of sp³-hybridized carbons (Fsp3) is 0.615. The minimum Gasteiger partial charge on any atom is -0.367 e. The van der Waals surface area contributed by atoms with Gasteiger partial charge in [-0.25, -0.2) is 0 Å². The van der Waals surface area contributed by atoms with Crippen LogP contribution in [0.15, 0.2) is 12.3 Å². The molecule has 1 aliphatic heterocycles. The lowest BCUT2D eigenvalue weighted by Gasteiger charge is -2.26. The first-order valence-corrected chi connectivity index (χ1v) is 7.39. The number of nitrogens with zero attached hydrogens (tertiary/aromatic N) is 2. The van der Waals surface area contributed by atoms with Crippen molar-refractivity contribution in [3.63, 3.8) is 0 Å². The van der Waals surface area contributed by atoms with Gasteiger partial charge in [-0.15, -0.1) is 0 Å². The molecule has 1 aromatic heterocycles. The van der Waals surface area contributed by atoms with Crippen molar-refractivity contribution in [1.29, 1.82) is 0 Å². The molecule has 0 bridgehead atoms. The number of aromatic nitrogens is 1. The van der Waals surface area contributed by atoms with Crippen LogP contribution < -0.4 is 4.90 Å². The van der Waals surface area contributed by atoms with E-state index in [4.69, 9.17) is 0 Å². The van der Waals surface area contributed by atoms with Gasteiger partial charge in [-0.3, -0.25) is 4.98 Å². The van der Waals surface area contributed by atoms with Gasteiger partial charge in [0.15, 0.2) is 0 Å². The Balaban J connectivity index is 2.26. The van der Waals surface area contributed by atoms with E-state index >= 15 is 0 Å². The molecule has 16 heavy (non-hydrogen) atoms. The normalized spacial score (nSPS) is 16.3. The summed E-state index contributed by atoms with van der Waals surface area (Å²) in [6.07, 6.45) is 6.49. The zero-order chi connectivity index (χ0) is 11.5. The summed E-state index contributed by atoms with van der Waals surface area (Å²) in [4.78, 5) is 7.10. The second kappa shape index (κ2) is 5.09. The molecule has 1 aliphatic rings. The Kier molecular flexibility index (Phi) is 3.74. The van der Waals surface area contributed by atoms with Crippen molar-refractivity contribution < 1.29 is 0 Å². The summed E-state index contributed by atoms with van der Waals surface area (Å²) in [7, 11) is 0.